The maximum absolute atomic E-state index is 12.5. The molecule has 2 aromatic carbocycles. The first kappa shape index (κ1) is 20.7. The fourth-order valence-electron chi connectivity index (χ4n) is 3.97. The number of H-pyrrole nitrogens is 1. The molecule has 0 radical (unpaired) electrons. The standard InChI is InChI=1S/C24H20N6O2S/c1-2-21-27-20(14-33-21)28-24(32)30-12-10-29(11-13-30)17-8-6-16(7-9-17)18-4-3-5-19-22(18)23(31)26-15-25-19/h1,3-9,14-15H,10-13H2,(H,28,32)(H,25,26,31). The van der Waals surface area contributed by atoms with E-state index >= 15 is 0 Å². The first-order valence-electron chi connectivity index (χ1n) is 10.4. The van der Waals surface area contributed by atoms with E-state index in [1.165, 1.54) is 17.7 Å². The Bertz CT molecular complexity index is 1410. The third-order valence-electron chi connectivity index (χ3n) is 5.64. The van der Waals surface area contributed by atoms with E-state index in [0.29, 0.717) is 34.8 Å². The van der Waals surface area contributed by atoms with Crippen LogP contribution in [0.4, 0.5) is 16.3 Å². The average Bonchev–Trinajstić information content (AvgIpc) is 3.32. The number of aromatic nitrogens is 3. The number of anilines is 2. The van der Waals surface area contributed by atoms with E-state index in [4.69, 9.17) is 6.42 Å². The number of terminal acetylenes is 1. The molecule has 1 saturated heterocycles. The zero-order valence-electron chi connectivity index (χ0n) is 17.6. The molecule has 4 aromatic rings. The lowest BCUT2D eigenvalue weighted by atomic mass is 10.0. The number of benzene rings is 2. The predicted octanol–water partition coefficient (Wildman–Crippen LogP) is 3.38. The predicted molar refractivity (Wildman–Crippen MR) is 131 cm³/mol. The molecule has 0 saturated carbocycles. The van der Waals surface area contributed by atoms with Crippen LogP contribution in [0.5, 0.6) is 0 Å². The minimum atomic E-state index is -0.173. The molecule has 0 unspecified atom stereocenters. The van der Waals surface area contributed by atoms with Crippen LogP contribution in [0, 0.1) is 12.3 Å². The Hall–Kier alpha value is -4.16. The summed E-state index contributed by atoms with van der Waals surface area (Å²) in [5.41, 5.74) is 3.40. The van der Waals surface area contributed by atoms with Gasteiger partial charge in [-0.3, -0.25) is 10.1 Å². The molecule has 0 atom stereocenters. The average molecular weight is 457 g/mol. The fourth-order valence-corrected chi connectivity index (χ4v) is 4.52. The van der Waals surface area contributed by atoms with Crippen molar-refractivity contribution in [2.75, 3.05) is 36.4 Å². The van der Waals surface area contributed by atoms with Gasteiger partial charge in [-0.1, -0.05) is 24.3 Å². The van der Waals surface area contributed by atoms with Gasteiger partial charge in [0.05, 0.1) is 17.2 Å². The third kappa shape index (κ3) is 4.16. The van der Waals surface area contributed by atoms with Gasteiger partial charge in [-0.05, 0) is 35.2 Å². The summed E-state index contributed by atoms with van der Waals surface area (Å²) in [7, 11) is 0. The van der Waals surface area contributed by atoms with Crippen LogP contribution in [-0.2, 0) is 0 Å². The maximum atomic E-state index is 12.5. The molecule has 0 aliphatic carbocycles. The molecule has 2 N–H and O–H groups in total. The molecule has 3 heterocycles. The minimum Gasteiger partial charge on any atom is -0.368 e. The summed E-state index contributed by atoms with van der Waals surface area (Å²) in [5.74, 6) is 2.95. The highest BCUT2D eigenvalue weighted by atomic mass is 32.1. The largest absolute Gasteiger partial charge is 0.368 e. The second-order valence-corrected chi connectivity index (χ2v) is 8.42. The molecule has 1 aliphatic heterocycles. The Morgan fingerprint density at radius 1 is 1.12 bits per heavy atom. The van der Waals surface area contributed by atoms with Gasteiger partial charge in [0.2, 0.25) is 0 Å². The van der Waals surface area contributed by atoms with Crippen molar-refractivity contribution in [3.05, 3.63) is 69.5 Å². The number of fused-ring (bicyclic) bond motifs is 1. The third-order valence-corrected chi connectivity index (χ3v) is 6.42. The summed E-state index contributed by atoms with van der Waals surface area (Å²) in [6, 6.07) is 13.6. The molecule has 1 fully saturated rings. The lowest BCUT2D eigenvalue weighted by molar-refractivity contribution is 0.208. The highest BCUT2D eigenvalue weighted by Gasteiger charge is 2.22. The Balaban J connectivity index is 1.26. The van der Waals surface area contributed by atoms with Crippen molar-refractivity contribution in [2.45, 2.75) is 0 Å². The minimum absolute atomic E-state index is 0.151. The molecule has 5 rings (SSSR count). The Morgan fingerprint density at radius 2 is 1.91 bits per heavy atom. The summed E-state index contributed by atoms with van der Waals surface area (Å²) in [6.45, 7) is 2.64. The van der Waals surface area contributed by atoms with Gasteiger partial charge in [0, 0.05) is 37.2 Å². The summed E-state index contributed by atoms with van der Waals surface area (Å²) in [6.07, 6.45) is 6.75. The van der Waals surface area contributed by atoms with Gasteiger partial charge < -0.3 is 14.8 Å². The normalized spacial score (nSPS) is 13.7. The molecule has 0 bridgehead atoms. The molecule has 164 valence electrons. The molecule has 9 heteroatoms. The van der Waals surface area contributed by atoms with Gasteiger partial charge in [-0.15, -0.1) is 17.8 Å². The zero-order valence-corrected chi connectivity index (χ0v) is 18.4. The number of hydrogen-bond donors (Lipinski definition) is 2. The topological polar surface area (TPSA) is 94.2 Å². The van der Waals surface area contributed by atoms with Crippen LogP contribution in [0.3, 0.4) is 0 Å². The number of carbonyl (C=O) groups excluding carboxylic acids is 1. The molecule has 33 heavy (non-hydrogen) atoms. The molecule has 8 nitrogen and oxygen atoms in total. The Morgan fingerprint density at radius 3 is 2.64 bits per heavy atom. The number of nitrogens with zero attached hydrogens (tertiary/aromatic N) is 4. The lowest BCUT2D eigenvalue weighted by Crippen LogP contribution is -2.50. The smallest absolute Gasteiger partial charge is 0.323 e. The Kier molecular flexibility index (Phi) is 5.50. The van der Waals surface area contributed by atoms with Gasteiger partial charge in [0.1, 0.15) is 5.82 Å². The number of piperazine rings is 1. The van der Waals surface area contributed by atoms with E-state index in [1.807, 2.05) is 42.5 Å². The van der Waals surface area contributed by atoms with Crippen LogP contribution in [-0.4, -0.2) is 52.1 Å². The van der Waals surface area contributed by atoms with Gasteiger partial charge in [-0.25, -0.2) is 14.8 Å². The van der Waals surface area contributed by atoms with Gasteiger partial charge in [0.25, 0.3) is 5.56 Å². The highest BCUT2D eigenvalue weighted by Crippen LogP contribution is 2.28. The van der Waals surface area contributed by atoms with Crippen molar-refractivity contribution in [3.63, 3.8) is 0 Å². The molecule has 2 aromatic heterocycles. The number of nitrogens with one attached hydrogen (secondary N) is 2. The highest BCUT2D eigenvalue weighted by molar-refractivity contribution is 7.10. The van der Waals surface area contributed by atoms with Crippen LogP contribution in [0.15, 0.2) is 59.0 Å². The molecule has 0 spiro atoms. The number of aromatic amines is 1. The molecule has 2 amide bonds. The summed E-state index contributed by atoms with van der Waals surface area (Å²) in [5, 5.41) is 5.67. The molecular weight excluding hydrogens is 436 g/mol. The zero-order chi connectivity index (χ0) is 22.8. The number of hydrogen-bond acceptors (Lipinski definition) is 6. The van der Waals surface area contributed by atoms with E-state index in [9.17, 15) is 9.59 Å². The Labute approximate surface area is 193 Å². The quantitative estimate of drug-likeness (QED) is 0.461. The maximum Gasteiger partial charge on any atom is 0.323 e. The second-order valence-electron chi connectivity index (χ2n) is 7.56. The van der Waals surface area contributed by atoms with Crippen molar-refractivity contribution < 1.29 is 4.79 Å². The van der Waals surface area contributed by atoms with E-state index in [-0.39, 0.29) is 11.6 Å². The van der Waals surface area contributed by atoms with E-state index in [2.05, 4.69) is 31.1 Å². The SMILES string of the molecule is C#Cc1nc(NC(=O)N2CCN(c3ccc(-c4cccc5nc[nH]c(=O)c45)cc3)CC2)cs1. The van der Waals surface area contributed by atoms with E-state index in [1.54, 1.807) is 10.3 Å². The molecule has 1 aliphatic rings. The number of amides is 2. The monoisotopic (exact) mass is 456 g/mol. The van der Waals surface area contributed by atoms with Crippen LogP contribution < -0.4 is 15.8 Å². The van der Waals surface area contributed by atoms with Crippen LogP contribution in [0.25, 0.3) is 22.0 Å². The van der Waals surface area contributed by atoms with Crippen LogP contribution >= 0.6 is 11.3 Å². The number of urea groups is 1. The number of rotatable bonds is 3. The second kappa shape index (κ2) is 8.76. The van der Waals surface area contributed by atoms with Crippen LogP contribution in [0.1, 0.15) is 5.01 Å². The van der Waals surface area contributed by atoms with Crippen molar-refractivity contribution >= 4 is 39.8 Å². The van der Waals surface area contributed by atoms with Crippen molar-refractivity contribution in [2.24, 2.45) is 0 Å². The van der Waals surface area contributed by atoms with Gasteiger partial charge in [0.15, 0.2) is 5.01 Å². The summed E-state index contributed by atoms with van der Waals surface area (Å²) in [4.78, 5) is 40.0. The van der Waals surface area contributed by atoms with Gasteiger partial charge >= 0.3 is 6.03 Å². The number of carbonyl (C=O) groups is 1. The summed E-state index contributed by atoms with van der Waals surface area (Å²) >= 11 is 1.33. The van der Waals surface area contributed by atoms with Crippen molar-refractivity contribution in [3.8, 4) is 23.5 Å². The van der Waals surface area contributed by atoms with Crippen molar-refractivity contribution in [1.29, 1.82) is 0 Å². The van der Waals surface area contributed by atoms with E-state index < -0.39 is 0 Å². The van der Waals surface area contributed by atoms with Crippen LogP contribution in [0.2, 0.25) is 0 Å². The lowest BCUT2D eigenvalue weighted by Gasteiger charge is -2.36. The summed E-state index contributed by atoms with van der Waals surface area (Å²) < 4.78 is 0. The molecular formula is C24H20N6O2S. The van der Waals surface area contributed by atoms with E-state index in [0.717, 1.165) is 29.9 Å². The van der Waals surface area contributed by atoms with Crippen molar-refractivity contribution in [1.82, 2.24) is 19.9 Å². The van der Waals surface area contributed by atoms with Gasteiger partial charge in [-0.2, -0.15) is 0 Å². The first-order chi connectivity index (χ1) is 16.1. The fraction of sp³-hybridized carbons (Fsp3) is 0.167. The number of thiazole rings is 1. The first-order valence-corrected chi connectivity index (χ1v) is 11.3.